The van der Waals surface area contributed by atoms with Crippen LogP contribution in [0.3, 0.4) is 0 Å². The molecule has 2 aliphatic rings. The van der Waals surface area contributed by atoms with E-state index in [0.29, 0.717) is 6.54 Å². The first kappa shape index (κ1) is 12.8. The van der Waals surface area contributed by atoms with Gasteiger partial charge in [0.1, 0.15) is 6.61 Å². The highest BCUT2D eigenvalue weighted by atomic mass is 16.5. The van der Waals surface area contributed by atoms with Crippen LogP contribution in [0.2, 0.25) is 0 Å². The second-order valence-electron chi connectivity index (χ2n) is 5.13. The Morgan fingerprint density at radius 1 is 1.53 bits per heavy atom. The first-order valence-electron chi connectivity index (χ1n) is 6.41. The Hall–Kier alpha value is -0.650. The van der Waals surface area contributed by atoms with Gasteiger partial charge in [-0.1, -0.05) is 0 Å². The quantitative estimate of drug-likeness (QED) is 0.715. The molecule has 1 atom stereocenters. The van der Waals surface area contributed by atoms with Crippen LogP contribution in [0.25, 0.3) is 0 Å². The molecule has 1 amide bonds. The summed E-state index contributed by atoms with van der Waals surface area (Å²) in [4.78, 5) is 11.6. The van der Waals surface area contributed by atoms with Crippen LogP contribution in [0.4, 0.5) is 0 Å². The summed E-state index contributed by atoms with van der Waals surface area (Å²) in [6.07, 6.45) is 3.57. The van der Waals surface area contributed by atoms with Gasteiger partial charge in [0.2, 0.25) is 5.91 Å². The maximum atomic E-state index is 11.6. The highest BCUT2D eigenvalue weighted by Crippen LogP contribution is 2.14. The molecule has 98 valence electrons. The predicted molar refractivity (Wildman–Crippen MR) is 63.8 cm³/mol. The number of amides is 1. The minimum Gasteiger partial charge on any atom is -0.376 e. The Morgan fingerprint density at radius 3 is 2.94 bits per heavy atom. The Bertz CT molecular complexity index is 260. The molecule has 0 saturated carbocycles. The van der Waals surface area contributed by atoms with Gasteiger partial charge in [-0.3, -0.25) is 4.79 Å². The van der Waals surface area contributed by atoms with Crippen molar-refractivity contribution in [2.75, 3.05) is 32.8 Å². The standard InChI is InChI=1S/C12H22N2O3/c1-12(8-13-9-12)17-7-11(15)14-6-10-4-2-3-5-16-10/h10,13H,2-9H2,1H3,(H,14,15). The first-order chi connectivity index (χ1) is 8.18. The molecule has 17 heavy (non-hydrogen) atoms. The summed E-state index contributed by atoms with van der Waals surface area (Å²) >= 11 is 0. The summed E-state index contributed by atoms with van der Waals surface area (Å²) in [5.41, 5.74) is -0.154. The van der Waals surface area contributed by atoms with Crippen molar-refractivity contribution in [2.24, 2.45) is 0 Å². The normalized spacial score (nSPS) is 27.2. The van der Waals surface area contributed by atoms with E-state index in [9.17, 15) is 4.79 Å². The van der Waals surface area contributed by atoms with E-state index in [4.69, 9.17) is 9.47 Å². The summed E-state index contributed by atoms with van der Waals surface area (Å²) in [7, 11) is 0. The van der Waals surface area contributed by atoms with Crippen LogP contribution < -0.4 is 10.6 Å². The van der Waals surface area contributed by atoms with E-state index in [1.807, 2.05) is 6.92 Å². The van der Waals surface area contributed by atoms with E-state index in [1.54, 1.807) is 0 Å². The van der Waals surface area contributed by atoms with E-state index >= 15 is 0 Å². The van der Waals surface area contributed by atoms with E-state index < -0.39 is 0 Å². The largest absolute Gasteiger partial charge is 0.376 e. The summed E-state index contributed by atoms with van der Waals surface area (Å²) in [6.45, 7) is 5.24. The molecule has 2 saturated heterocycles. The summed E-state index contributed by atoms with van der Waals surface area (Å²) in [5, 5.41) is 6.00. The van der Waals surface area contributed by atoms with Gasteiger partial charge in [-0.05, 0) is 26.2 Å². The average molecular weight is 242 g/mol. The fourth-order valence-electron chi connectivity index (χ4n) is 2.07. The monoisotopic (exact) mass is 242 g/mol. The van der Waals surface area contributed by atoms with Crippen molar-refractivity contribution in [3.05, 3.63) is 0 Å². The third-order valence-electron chi connectivity index (χ3n) is 3.35. The van der Waals surface area contributed by atoms with Crippen molar-refractivity contribution in [2.45, 2.75) is 37.9 Å². The lowest BCUT2D eigenvalue weighted by atomic mass is 10.0. The van der Waals surface area contributed by atoms with Crippen LogP contribution in [0.5, 0.6) is 0 Å². The summed E-state index contributed by atoms with van der Waals surface area (Å²) in [6, 6.07) is 0. The van der Waals surface area contributed by atoms with Crippen LogP contribution in [0.1, 0.15) is 26.2 Å². The average Bonchev–Trinajstić information content (AvgIpc) is 2.33. The Labute approximate surface area is 102 Å². The SMILES string of the molecule is CC1(OCC(=O)NCC2CCCCO2)CNC1. The lowest BCUT2D eigenvalue weighted by Crippen LogP contribution is -2.59. The van der Waals surface area contributed by atoms with Crippen molar-refractivity contribution >= 4 is 5.91 Å². The van der Waals surface area contributed by atoms with Crippen molar-refractivity contribution in [3.8, 4) is 0 Å². The molecule has 5 nitrogen and oxygen atoms in total. The first-order valence-corrected chi connectivity index (χ1v) is 6.41. The molecule has 2 fully saturated rings. The maximum Gasteiger partial charge on any atom is 0.246 e. The van der Waals surface area contributed by atoms with Crippen LogP contribution in [-0.2, 0) is 14.3 Å². The molecule has 0 spiro atoms. The van der Waals surface area contributed by atoms with Gasteiger partial charge in [-0.25, -0.2) is 0 Å². The topological polar surface area (TPSA) is 59.6 Å². The van der Waals surface area contributed by atoms with E-state index in [0.717, 1.165) is 32.5 Å². The fraction of sp³-hybridized carbons (Fsp3) is 0.917. The zero-order chi connectivity index (χ0) is 12.1. The van der Waals surface area contributed by atoms with Crippen LogP contribution in [0.15, 0.2) is 0 Å². The molecule has 2 rings (SSSR count). The lowest BCUT2D eigenvalue weighted by molar-refractivity contribution is -0.136. The molecule has 2 heterocycles. The summed E-state index contributed by atoms with van der Waals surface area (Å²) < 4.78 is 11.1. The molecule has 0 aromatic heterocycles. The molecule has 0 aromatic rings. The molecule has 1 unspecified atom stereocenters. The van der Waals surface area contributed by atoms with E-state index in [1.165, 1.54) is 6.42 Å². The smallest absolute Gasteiger partial charge is 0.246 e. The zero-order valence-corrected chi connectivity index (χ0v) is 10.5. The fourth-order valence-corrected chi connectivity index (χ4v) is 2.07. The number of hydrogen-bond acceptors (Lipinski definition) is 4. The van der Waals surface area contributed by atoms with E-state index in [2.05, 4.69) is 10.6 Å². The molecular weight excluding hydrogens is 220 g/mol. The number of rotatable bonds is 5. The Balaban J connectivity index is 1.57. The summed E-state index contributed by atoms with van der Waals surface area (Å²) in [5.74, 6) is -0.0488. The van der Waals surface area contributed by atoms with E-state index in [-0.39, 0.29) is 24.2 Å². The molecule has 2 N–H and O–H groups in total. The van der Waals surface area contributed by atoms with Crippen LogP contribution in [0, 0.1) is 0 Å². The highest BCUT2D eigenvalue weighted by Gasteiger charge is 2.33. The molecule has 0 aromatic carbocycles. The van der Waals surface area contributed by atoms with Gasteiger partial charge in [0.25, 0.3) is 0 Å². The number of hydrogen-bond donors (Lipinski definition) is 2. The second kappa shape index (κ2) is 5.80. The van der Waals surface area contributed by atoms with Crippen LogP contribution in [-0.4, -0.2) is 50.5 Å². The van der Waals surface area contributed by atoms with Gasteiger partial charge < -0.3 is 20.1 Å². The van der Waals surface area contributed by atoms with Crippen molar-refractivity contribution in [3.63, 3.8) is 0 Å². The van der Waals surface area contributed by atoms with Crippen molar-refractivity contribution < 1.29 is 14.3 Å². The lowest BCUT2D eigenvalue weighted by Gasteiger charge is -2.38. The number of carbonyl (C=O) groups is 1. The molecular formula is C12H22N2O3. The Morgan fingerprint density at radius 2 is 2.35 bits per heavy atom. The van der Waals surface area contributed by atoms with Crippen molar-refractivity contribution in [1.29, 1.82) is 0 Å². The van der Waals surface area contributed by atoms with Crippen molar-refractivity contribution in [1.82, 2.24) is 10.6 Å². The number of carbonyl (C=O) groups excluding carboxylic acids is 1. The minimum absolute atomic E-state index is 0.0488. The molecule has 0 aliphatic carbocycles. The molecule has 5 heteroatoms. The number of nitrogens with one attached hydrogen (secondary N) is 2. The molecule has 0 bridgehead atoms. The van der Waals surface area contributed by atoms with Gasteiger partial charge in [-0.15, -0.1) is 0 Å². The Kier molecular flexibility index (Phi) is 4.36. The van der Waals surface area contributed by atoms with Gasteiger partial charge in [-0.2, -0.15) is 0 Å². The second-order valence-corrected chi connectivity index (χ2v) is 5.13. The van der Waals surface area contributed by atoms with Gasteiger partial charge in [0.05, 0.1) is 11.7 Å². The molecule has 0 radical (unpaired) electrons. The zero-order valence-electron chi connectivity index (χ0n) is 10.5. The van der Waals surface area contributed by atoms with Gasteiger partial charge in [0, 0.05) is 26.2 Å². The predicted octanol–water partition coefficient (Wildman–Crippen LogP) is 0.0502. The van der Waals surface area contributed by atoms with Crippen LogP contribution >= 0.6 is 0 Å². The maximum absolute atomic E-state index is 11.6. The van der Waals surface area contributed by atoms with Gasteiger partial charge >= 0.3 is 0 Å². The third kappa shape index (κ3) is 3.94. The highest BCUT2D eigenvalue weighted by molar-refractivity contribution is 5.77. The van der Waals surface area contributed by atoms with Gasteiger partial charge in [0.15, 0.2) is 0 Å². The number of ether oxygens (including phenoxy) is 2. The molecule has 2 aliphatic heterocycles. The third-order valence-corrected chi connectivity index (χ3v) is 3.35. The minimum atomic E-state index is -0.154.